The second kappa shape index (κ2) is 5.36. The van der Waals surface area contributed by atoms with E-state index in [2.05, 4.69) is 15.3 Å². The first-order valence-corrected chi connectivity index (χ1v) is 4.50. The lowest BCUT2D eigenvalue weighted by atomic mass is 10.4. The summed E-state index contributed by atoms with van der Waals surface area (Å²) in [4.78, 5) is 7.27. The van der Waals surface area contributed by atoms with Gasteiger partial charge in [-0.05, 0) is 12.1 Å². The summed E-state index contributed by atoms with van der Waals surface area (Å²) in [5.41, 5.74) is 5.35. The van der Waals surface area contributed by atoms with Crippen molar-refractivity contribution in [3.63, 3.8) is 0 Å². The van der Waals surface area contributed by atoms with Crippen LogP contribution in [0.3, 0.4) is 0 Å². The van der Waals surface area contributed by atoms with Crippen LogP contribution in [-0.4, -0.2) is 35.1 Å². The molecule has 0 fully saturated rings. The number of aliphatic imine (C=N–C) groups is 1. The van der Waals surface area contributed by atoms with Crippen LogP contribution in [-0.2, 0) is 0 Å². The Morgan fingerprint density at radius 2 is 2.31 bits per heavy atom. The maximum absolute atomic E-state index is 12.6. The van der Waals surface area contributed by atoms with Crippen LogP contribution >= 0.6 is 0 Å². The number of pyridine rings is 1. The highest BCUT2D eigenvalue weighted by atomic mass is 19.3. The average molecular weight is 230 g/mol. The minimum atomic E-state index is -3.25. The Balaban J connectivity index is 2.53. The number of rotatable bonds is 4. The average Bonchev–Trinajstić information content (AvgIpc) is 2.28. The van der Waals surface area contributed by atoms with Crippen molar-refractivity contribution in [2.75, 3.05) is 18.5 Å². The third-order valence-corrected chi connectivity index (χ3v) is 1.63. The smallest absolute Gasteiger partial charge is 0.289 e. The van der Waals surface area contributed by atoms with Gasteiger partial charge in [0.05, 0.1) is 0 Å². The summed E-state index contributed by atoms with van der Waals surface area (Å²) in [7, 11) is 0. The molecule has 0 bridgehead atoms. The molecule has 1 aromatic rings. The second-order valence-electron chi connectivity index (χ2n) is 3.06. The fraction of sp³-hybridized carbons (Fsp3) is 0.333. The first-order valence-electron chi connectivity index (χ1n) is 4.50. The molecule has 5 nitrogen and oxygen atoms in total. The molecule has 0 aliphatic heterocycles. The number of guanidine groups is 1. The van der Waals surface area contributed by atoms with Gasteiger partial charge in [0.2, 0.25) is 0 Å². The van der Waals surface area contributed by atoms with Crippen LogP contribution in [0.2, 0.25) is 0 Å². The number of hydrogen-bond acceptors (Lipinski definition) is 3. The van der Waals surface area contributed by atoms with Crippen molar-refractivity contribution in [3.05, 3.63) is 24.4 Å². The Hall–Kier alpha value is -1.76. The van der Waals surface area contributed by atoms with Crippen LogP contribution in [0.1, 0.15) is 0 Å². The Kier molecular flexibility index (Phi) is 4.12. The normalized spacial score (nSPS) is 12.6. The molecule has 0 aliphatic rings. The Labute approximate surface area is 91.0 Å². The Morgan fingerprint density at radius 1 is 1.56 bits per heavy atom. The molecule has 0 aromatic carbocycles. The zero-order valence-electron chi connectivity index (χ0n) is 8.40. The minimum absolute atomic E-state index is 0.174. The van der Waals surface area contributed by atoms with Crippen molar-refractivity contribution in [2.45, 2.75) is 5.92 Å². The van der Waals surface area contributed by atoms with Gasteiger partial charge in [0.25, 0.3) is 5.92 Å². The van der Waals surface area contributed by atoms with Gasteiger partial charge in [-0.15, -0.1) is 0 Å². The number of aromatic nitrogens is 1. The van der Waals surface area contributed by atoms with Crippen molar-refractivity contribution >= 4 is 11.8 Å². The molecule has 0 atom stereocenters. The van der Waals surface area contributed by atoms with E-state index in [1.54, 1.807) is 18.2 Å². The standard InChI is InChI=1S/C9H12F2N4O/c10-9(11,6-16)5-14-8(12)15-7-3-1-2-4-13-7/h1-4,16H,5-6H2,(H3,12,13,14,15). The molecule has 88 valence electrons. The molecular formula is C9H12F2N4O. The molecular weight excluding hydrogens is 218 g/mol. The van der Waals surface area contributed by atoms with Crippen LogP contribution < -0.4 is 11.1 Å². The number of aliphatic hydroxyl groups is 1. The van der Waals surface area contributed by atoms with Gasteiger partial charge in [-0.1, -0.05) is 6.07 Å². The molecule has 1 rings (SSSR count). The molecule has 0 spiro atoms. The number of nitrogens with zero attached hydrogens (tertiary/aromatic N) is 2. The van der Waals surface area contributed by atoms with Gasteiger partial charge < -0.3 is 16.2 Å². The summed E-state index contributed by atoms with van der Waals surface area (Å²) >= 11 is 0. The van der Waals surface area contributed by atoms with Crippen molar-refractivity contribution in [1.82, 2.24) is 4.98 Å². The van der Waals surface area contributed by atoms with Crippen LogP contribution in [0.5, 0.6) is 0 Å². The van der Waals surface area contributed by atoms with Gasteiger partial charge in [-0.25, -0.2) is 18.8 Å². The van der Waals surface area contributed by atoms with E-state index in [-0.39, 0.29) is 5.96 Å². The van der Waals surface area contributed by atoms with E-state index in [0.29, 0.717) is 5.82 Å². The molecule has 0 aliphatic carbocycles. The summed E-state index contributed by atoms with van der Waals surface area (Å²) in [6, 6.07) is 5.04. The molecule has 7 heteroatoms. The first kappa shape index (κ1) is 12.3. The van der Waals surface area contributed by atoms with Gasteiger partial charge in [-0.3, -0.25) is 0 Å². The molecule has 4 N–H and O–H groups in total. The first-order chi connectivity index (χ1) is 7.53. The van der Waals surface area contributed by atoms with Crippen molar-refractivity contribution in [2.24, 2.45) is 10.7 Å². The highest BCUT2D eigenvalue weighted by molar-refractivity contribution is 5.91. The zero-order chi connectivity index (χ0) is 12.0. The summed E-state index contributed by atoms with van der Waals surface area (Å²) in [5, 5.41) is 10.8. The van der Waals surface area contributed by atoms with E-state index in [1.807, 2.05) is 0 Å². The lowest BCUT2D eigenvalue weighted by Crippen LogP contribution is -2.30. The predicted molar refractivity (Wildman–Crippen MR) is 56.4 cm³/mol. The fourth-order valence-corrected chi connectivity index (χ4v) is 0.858. The molecule has 1 heterocycles. The molecule has 0 radical (unpaired) electrons. The van der Waals surface area contributed by atoms with Crippen LogP contribution in [0.25, 0.3) is 0 Å². The van der Waals surface area contributed by atoms with E-state index >= 15 is 0 Å². The molecule has 16 heavy (non-hydrogen) atoms. The third kappa shape index (κ3) is 4.18. The number of nitrogens with one attached hydrogen (secondary N) is 1. The van der Waals surface area contributed by atoms with E-state index in [0.717, 1.165) is 0 Å². The highest BCUT2D eigenvalue weighted by Gasteiger charge is 2.27. The molecule has 0 saturated carbocycles. The van der Waals surface area contributed by atoms with Crippen molar-refractivity contribution < 1.29 is 13.9 Å². The zero-order valence-corrected chi connectivity index (χ0v) is 8.40. The number of halogens is 2. The maximum atomic E-state index is 12.6. The maximum Gasteiger partial charge on any atom is 0.289 e. The summed E-state index contributed by atoms with van der Waals surface area (Å²) in [6.45, 7) is -2.12. The quantitative estimate of drug-likeness (QED) is 0.517. The van der Waals surface area contributed by atoms with Crippen LogP contribution in [0.15, 0.2) is 29.4 Å². The van der Waals surface area contributed by atoms with E-state index < -0.39 is 19.1 Å². The third-order valence-electron chi connectivity index (χ3n) is 1.63. The summed E-state index contributed by atoms with van der Waals surface area (Å²) in [6.07, 6.45) is 1.53. The van der Waals surface area contributed by atoms with Gasteiger partial charge >= 0.3 is 0 Å². The SMILES string of the molecule is NC(=NCC(F)(F)CO)Nc1ccccn1. The van der Waals surface area contributed by atoms with Gasteiger partial charge in [0.1, 0.15) is 19.0 Å². The van der Waals surface area contributed by atoms with Gasteiger partial charge in [0.15, 0.2) is 5.96 Å². The summed E-state index contributed by atoms with van der Waals surface area (Å²) in [5.74, 6) is -3.01. The number of aliphatic hydroxyl groups excluding tert-OH is 1. The number of hydrogen-bond donors (Lipinski definition) is 3. The number of nitrogens with two attached hydrogens (primary N) is 1. The highest BCUT2D eigenvalue weighted by Crippen LogP contribution is 2.11. The predicted octanol–water partition coefficient (Wildman–Crippen LogP) is 0.436. The topological polar surface area (TPSA) is 83.5 Å². The molecule has 0 unspecified atom stereocenters. The summed E-state index contributed by atoms with van der Waals surface area (Å²) < 4.78 is 25.2. The van der Waals surface area contributed by atoms with E-state index in [1.165, 1.54) is 6.20 Å². The molecule has 0 amide bonds. The second-order valence-corrected chi connectivity index (χ2v) is 3.06. The largest absolute Gasteiger partial charge is 0.390 e. The van der Waals surface area contributed by atoms with Gasteiger partial charge in [-0.2, -0.15) is 0 Å². The van der Waals surface area contributed by atoms with Crippen molar-refractivity contribution in [3.8, 4) is 0 Å². The van der Waals surface area contributed by atoms with E-state index in [9.17, 15) is 8.78 Å². The lowest BCUT2D eigenvalue weighted by Gasteiger charge is -2.10. The van der Waals surface area contributed by atoms with Crippen LogP contribution in [0, 0.1) is 0 Å². The minimum Gasteiger partial charge on any atom is -0.390 e. The Morgan fingerprint density at radius 3 is 2.88 bits per heavy atom. The van der Waals surface area contributed by atoms with Gasteiger partial charge in [0, 0.05) is 6.20 Å². The van der Waals surface area contributed by atoms with Crippen molar-refractivity contribution in [1.29, 1.82) is 0 Å². The monoisotopic (exact) mass is 230 g/mol. The molecule has 1 aromatic heterocycles. The van der Waals surface area contributed by atoms with E-state index in [4.69, 9.17) is 10.8 Å². The number of alkyl halides is 2. The Bertz CT molecular complexity index is 356. The molecule has 0 saturated heterocycles. The number of anilines is 1. The lowest BCUT2D eigenvalue weighted by molar-refractivity contribution is -0.0404. The van der Waals surface area contributed by atoms with Crippen LogP contribution in [0.4, 0.5) is 14.6 Å². The fourth-order valence-electron chi connectivity index (χ4n) is 0.858.